The van der Waals surface area contributed by atoms with Crippen LogP contribution in [0, 0.1) is 0 Å². The molecule has 0 saturated heterocycles. The van der Waals surface area contributed by atoms with Gasteiger partial charge >= 0.3 is 5.97 Å². The number of rotatable bonds is 5. The highest BCUT2D eigenvalue weighted by molar-refractivity contribution is 5.87. The molecule has 0 aromatic rings. The van der Waals surface area contributed by atoms with Crippen molar-refractivity contribution in [2.45, 2.75) is 27.2 Å². The molecule has 3 heteroatoms. The van der Waals surface area contributed by atoms with E-state index in [4.69, 9.17) is 9.84 Å². The zero-order valence-corrected chi connectivity index (χ0v) is 7.89. The first-order valence-electron chi connectivity index (χ1n) is 4.07. The van der Waals surface area contributed by atoms with Gasteiger partial charge in [-0.3, -0.25) is 0 Å². The summed E-state index contributed by atoms with van der Waals surface area (Å²) in [4.78, 5) is 10.6. The van der Waals surface area contributed by atoms with E-state index in [2.05, 4.69) is 0 Å². The molecule has 0 amide bonds. The van der Waals surface area contributed by atoms with Crippen LogP contribution in [0.25, 0.3) is 0 Å². The Balaban J connectivity index is 4.00. The van der Waals surface area contributed by atoms with Crippen molar-refractivity contribution in [3.63, 3.8) is 0 Å². The smallest absolute Gasteiger partial charge is 0.333 e. The number of carboxylic acids is 1. The van der Waals surface area contributed by atoms with E-state index in [1.165, 1.54) is 0 Å². The lowest BCUT2D eigenvalue weighted by Crippen LogP contribution is -2.10. The normalized spacial score (nSPS) is 9.58. The van der Waals surface area contributed by atoms with E-state index in [0.29, 0.717) is 12.2 Å². The van der Waals surface area contributed by atoms with E-state index < -0.39 is 5.97 Å². The second-order valence-corrected chi connectivity index (χ2v) is 2.84. The maximum Gasteiger partial charge on any atom is 0.333 e. The van der Waals surface area contributed by atoms with Gasteiger partial charge in [-0.25, -0.2) is 4.79 Å². The largest absolute Gasteiger partial charge is 0.478 e. The summed E-state index contributed by atoms with van der Waals surface area (Å²) in [5.41, 5.74) is 1.17. The van der Waals surface area contributed by atoms with Crippen molar-refractivity contribution >= 4 is 5.97 Å². The Bertz CT molecular complexity index is 178. The summed E-state index contributed by atoms with van der Waals surface area (Å²) in [6, 6.07) is 0. The molecular weight excluding hydrogens is 156 g/mol. The second kappa shape index (κ2) is 5.77. The molecule has 0 aliphatic carbocycles. The molecule has 0 radical (unpaired) electrons. The first-order chi connectivity index (χ1) is 5.59. The van der Waals surface area contributed by atoms with Crippen LogP contribution in [-0.4, -0.2) is 24.3 Å². The Kier molecular flexibility index (Phi) is 5.37. The Morgan fingerprint density at radius 3 is 2.33 bits per heavy atom. The standard InChI is InChI=1S/C9H16O3/c1-4-5-12-6-8(7(2)3)9(10)11/h4-6H2,1-3H3,(H,10,11). The van der Waals surface area contributed by atoms with E-state index in [0.717, 1.165) is 12.0 Å². The third-order valence-corrected chi connectivity index (χ3v) is 1.46. The van der Waals surface area contributed by atoms with Crippen molar-refractivity contribution in [2.75, 3.05) is 13.2 Å². The zero-order valence-electron chi connectivity index (χ0n) is 7.89. The number of ether oxygens (including phenoxy) is 1. The monoisotopic (exact) mass is 172 g/mol. The maximum atomic E-state index is 10.6. The fourth-order valence-electron chi connectivity index (χ4n) is 0.739. The molecule has 0 aromatic heterocycles. The molecule has 0 heterocycles. The Morgan fingerprint density at radius 2 is 2.00 bits per heavy atom. The average molecular weight is 172 g/mol. The topological polar surface area (TPSA) is 46.5 Å². The SMILES string of the molecule is CCCOCC(C(=O)O)=C(C)C. The van der Waals surface area contributed by atoms with Gasteiger partial charge in [-0.1, -0.05) is 12.5 Å². The predicted molar refractivity (Wildman–Crippen MR) is 47.1 cm³/mol. The van der Waals surface area contributed by atoms with Crippen molar-refractivity contribution in [3.05, 3.63) is 11.1 Å². The van der Waals surface area contributed by atoms with Gasteiger partial charge < -0.3 is 9.84 Å². The van der Waals surface area contributed by atoms with Crippen LogP contribution in [0.15, 0.2) is 11.1 Å². The average Bonchev–Trinajstić information content (AvgIpc) is 1.96. The van der Waals surface area contributed by atoms with Gasteiger partial charge in [-0.2, -0.15) is 0 Å². The summed E-state index contributed by atoms with van der Waals surface area (Å²) >= 11 is 0. The molecule has 70 valence electrons. The Morgan fingerprint density at radius 1 is 1.42 bits per heavy atom. The number of hydrogen-bond donors (Lipinski definition) is 1. The van der Waals surface area contributed by atoms with Crippen molar-refractivity contribution in [1.82, 2.24) is 0 Å². The number of carboxylic acid groups (broad SMARTS) is 1. The van der Waals surface area contributed by atoms with Gasteiger partial charge in [0.05, 0.1) is 12.2 Å². The maximum absolute atomic E-state index is 10.6. The highest BCUT2D eigenvalue weighted by Crippen LogP contribution is 2.04. The molecule has 0 rings (SSSR count). The second-order valence-electron chi connectivity index (χ2n) is 2.84. The lowest BCUT2D eigenvalue weighted by atomic mass is 10.2. The van der Waals surface area contributed by atoms with Crippen LogP contribution in [-0.2, 0) is 9.53 Å². The summed E-state index contributed by atoms with van der Waals surface area (Å²) in [6.07, 6.45) is 0.912. The number of carbonyl (C=O) groups is 1. The summed E-state index contributed by atoms with van der Waals surface area (Å²) in [6.45, 7) is 6.37. The van der Waals surface area contributed by atoms with E-state index in [-0.39, 0.29) is 6.61 Å². The molecule has 0 aliphatic heterocycles. The number of aliphatic carboxylic acids is 1. The minimum absolute atomic E-state index is 0.214. The van der Waals surface area contributed by atoms with E-state index in [1.54, 1.807) is 13.8 Å². The third-order valence-electron chi connectivity index (χ3n) is 1.46. The van der Waals surface area contributed by atoms with E-state index in [1.807, 2.05) is 6.92 Å². The third kappa shape index (κ3) is 4.13. The molecule has 0 saturated carbocycles. The molecule has 0 bridgehead atoms. The molecule has 3 nitrogen and oxygen atoms in total. The molecule has 0 fully saturated rings. The molecule has 0 spiro atoms. The Hall–Kier alpha value is -0.830. The zero-order chi connectivity index (χ0) is 9.56. The fourth-order valence-corrected chi connectivity index (χ4v) is 0.739. The minimum atomic E-state index is -0.883. The highest BCUT2D eigenvalue weighted by Gasteiger charge is 2.08. The van der Waals surface area contributed by atoms with Crippen molar-refractivity contribution in [2.24, 2.45) is 0 Å². The predicted octanol–water partition coefficient (Wildman–Crippen LogP) is 1.83. The first kappa shape index (κ1) is 11.2. The summed E-state index contributed by atoms with van der Waals surface area (Å²) in [5.74, 6) is -0.883. The van der Waals surface area contributed by atoms with Gasteiger partial charge in [0.2, 0.25) is 0 Å². The minimum Gasteiger partial charge on any atom is -0.478 e. The molecule has 0 aromatic carbocycles. The summed E-state index contributed by atoms with van der Waals surface area (Å²) in [7, 11) is 0. The van der Waals surface area contributed by atoms with E-state index in [9.17, 15) is 4.79 Å². The summed E-state index contributed by atoms with van der Waals surface area (Å²) in [5, 5.41) is 8.71. The fraction of sp³-hybridized carbons (Fsp3) is 0.667. The Labute approximate surface area is 73.0 Å². The molecule has 0 unspecified atom stereocenters. The van der Waals surface area contributed by atoms with Crippen molar-refractivity contribution < 1.29 is 14.6 Å². The van der Waals surface area contributed by atoms with Gasteiger partial charge in [0, 0.05) is 6.61 Å². The van der Waals surface area contributed by atoms with Crippen LogP contribution in [0.5, 0.6) is 0 Å². The lowest BCUT2D eigenvalue weighted by Gasteiger charge is -2.04. The molecule has 1 N–H and O–H groups in total. The van der Waals surface area contributed by atoms with Crippen LogP contribution in [0.1, 0.15) is 27.2 Å². The lowest BCUT2D eigenvalue weighted by molar-refractivity contribution is -0.133. The molecular formula is C9H16O3. The van der Waals surface area contributed by atoms with Crippen LogP contribution >= 0.6 is 0 Å². The van der Waals surface area contributed by atoms with Gasteiger partial charge in [0.1, 0.15) is 0 Å². The van der Waals surface area contributed by atoms with Crippen LogP contribution in [0.2, 0.25) is 0 Å². The van der Waals surface area contributed by atoms with Gasteiger partial charge in [0.25, 0.3) is 0 Å². The molecule has 12 heavy (non-hydrogen) atoms. The highest BCUT2D eigenvalue weighted by atomic mass is 16.5. The summed E-state index contributed by atoms with van der Waals surface area (Å²) < 4.78 is 5.13. The first-order valence-corrected chi connectivity index (χ1v) is 4.07. The molecule has 0 aliphatic rings. The van der Waals surface area contributed by atoms with Crippen LogP contribution in [0.4, 0.5) is 0 Å². The quantitative estimate of drug-likeness (QED) is 0.508. The van der Waals surface area contributed by atoms with Crippen molar-refractivity contribution in [3.8, 4) is 0 Å². The molecule has 0 atom stereocenters. The van der Waals surface area contributed by atoms with Gasteiger partial charge in [-0.15, -0.1) is 0 Å². The van der Waals surface area contributed by atoms with Gasteiger partial charge in [0.15, 0.2) is 0 Å². The van der Waals surface area contributed by atoms with Crippen LogP contribution in [0.3, 0.4) is 0 Å². The van der Waals surface area contributed by atoms with E-state index >= 15 is 0 Å². The number of allylic oxidation sites excluding steroid dienone is 1. The van der Waals surface area contributed by atoms with Crippen molar-refractivity contribution in [1.29, 1.82) is 0 Å². The van der Waals surface area contributed by atoms with Gasteiger partial charge in [-0.05, 0) is 20.3 Å². The van der Waals surface area contributed by atoms with Crippen LogP contribution < -0.4 is 0 Å². The number of hydrogen-bond acceptors (Lipinski definition) is 2.